The van der Waals surface area contributed by atoms with Crippen molar-refractivity contribution in [3.63, 3.8) is 0 Å². The van der Waals surface area contributed by atoms with E-state index in [1.54, 1.807) is 143 Å². The van der Waals surface area contributed by atoms with Crippen LogP contribution in [0.2, 0.25) is 0 Å². The number of ketones is 1. The highest BCUT2D eigenvalue weighted by atomic mass is 32.2. The molecule has 29 nitrogen and oxygen atoms in total. The molecule has 6 aliphatic carbocycles. The highest BCUT2D eigenvalue weighted by Gasteiger charge is 2.63. The molecule has 12 atom stereocenters. The largest absolute Gasteiger partial charge is 0.489 e. The third-order valence-electron chi connectivity index (χ3n) is 27.3. The summed E-state index contributed by atoms with van der Waals surface area (Å²) in [5.41, 5.74) is 0.159. The lowest BCUT2D eigenvalue weighted by molar-refractivity contribution is -0.127. The number of hydrogen-bond donors (Lipinski definition) is 6. The van der Waals surface area contributed by atoms with Gasteiger partial charge in [0.2, 0.25) is 35.4 Å². The van der Waals surface area contributed by atoms with Crippen molar-refractivity contribution in [3.8, 4) is 40.2 Å². The van der Waals surface area contributed by atoms with Crippen LogP contribution >= 0.6 is 0 Å². The van der Waals surface area contributed by atoms with Crippen LogP contribution in [0.5, 0.6) is 23.0 Å². The molecule has 10 aromatic rings. The van der Waals surface area contributed by atoms with Gasteiger partial charge >= 0.3 is 0 Å². The van der Waals surface area contributed by atoms with Crippen LogP contribution in [0, 0.1) is 91.2 Å². The van der Waals surface area contributed by atoms with Gasteiger partial charge in [0.25, 0.3) is 60.1 Å². The molecule has 6 aliphatic rings. The second-order valence-electron chi connectivity index (χ2n) is 37.9. The topological polar surface area (TPSA) is 448 Å². The van der Waals surface area contributed by atoms with Gasteiger partial charge in [-0.3, -0.25) is 33.6 Å². The smallest absolute Gasteiger partial charge is 0.267 e. The molecule has 6 N–H and O–H groups in total. The van der Waals surface area contributed by atoms with Crippen LogP contribution in [0.4, 0.5) is 0 Å². The van der Waals surface area contributed by atoms with E-state index in [0.717, 1.165) is 22.3 Å². The Labute approximate surface area is 855 Å². The first-order valence-corrected chi connectivity index (χ1v) is 55.6. The Hall–Kier alpha value is -14.3. The standard InChI is InChI=1S/C21H23NO4S.C21H23NO3S.2C20H21NO4S.C15H17NO4S.C14H14N2O3S/c1-4-16-14-21(16,15(2)3)20(23)22-27(24,25)19-13-9-8-12-18(19)26-17-10-6-5-7-11-17;1-4-18-14-21(18,15(2)3)20(23)22-26(24,25)19-12-8-11-17(13-19)16-9-6-5-7-10-16;1-3-16-13-20(16,2)19(22)21-26(23,24)18-11-7-10-17(12-18)25-14-15-8-5-4-6-9-15;1-3-16-13-20(16,2)19(22)21-26(23,24)18-11-9-17(10-12-18)25-14-15-7-5-4-6-8-15;1-4-12-9-15(12,3)14(18)16-21(19,20)13-7-5-6-11(8-13)10(2)17;1-3-11-8-14(11,2)13(17)16-20(18,19)12-6-4-10(9-15)5-7-12/h4-13,15-16H,1,14H2,2-3H3,(H,22,23);4-13,15,18H,1,14H2,2-3H3,(H,22,23);2*3-12,16H,1,13-14H2,2H3,(H,21,22);4-8,12H,1,9H2,2-3H3,(H,16,18);3-7,11H,1,8H2,2H3,(H,16,17)/t16-,21-;18-,21-;2*16-,20+;12-,15+;11-,14+/m111111/s1. The Bertz CT molecular complexity index is 7400. The van der Waals surface area contributed by atoms with Crippen LogP contribution in [0.15, 0.2) is 372 Å². The number of para-hydroxylation sites is 2. The van der Waals surface area contributed by atoms with Crippen LogP contribution in [0.3, 0.4) is 0 Å². The maximum Gasteiger partial charge on any atom is 0.267 e. The predicted octanol–water partition coefficient (Wildman–Crippen LogP) is 18.2. The fourth-order valence-electron chi connectivity index (χ4n) is 16.7. The molecule has 146 heavy (non-hydrogen) atoms. The minimum atomic E-state index is -4.08. The molecule has 6 amide bonds. The molecule has 0 spiro atoms. The molecular formula is C111H119N7O22S6. The lowest BCUT2D eigenvalue weighted by Crippen LogP contribution is -2.40. The Morgan fingerprint density at radius 2 is 0.651 bits per heavy atom. The summed E-state index contributed by atoms with van der Waals surface area (Å²) < 4.78 is 180. The molecule has 10 aromatic carbocycles. The molecule has 35 heteroatoms. The number of ether oxygens (including phenoxy) is 3. The molecule has 0 saturated heterocycles. The number of rotatable bonds is 36. The van der Waals surface area contributed by atoms with Crippen molar-refractivity contribution in [2.45, 2.75) is 143 Å². The van der Waals surface area contributed by atoms with Gasteiger partial charge in [0, 0.05) is 11.6 Å². The van der Waals surface area contributed by atoms with Gasteiger partial charge in [0.15, 0.2) is 5.78 Å². The Kier molecular flexibility index (Phi) is 35.3. The molecule has 0 aliphatic heterocycles. The van der Waals surface area contributed by atoms with Crippen LogP contribution in [0.25, 0.3) is 11.1 Å². The lowest BCUT2D eigenvalue weighted by atomic mass is 9.89. The van der Waals surface area contributed by atoms with Gasteiger partial charge in [0.1, 0.15) is 41.1 Å². The van der Waals surface area contributed by atoms with Crippen LogP contribution < -0.4 is 42.5 Å². The number of amides is 6. The molecule has 0 unspecified atom stereocenters. The van der Waals surface area contributed by atoms with Gasteiger partial charge in [-0.25, -0.2) is 78.8 Å². The number of nitriles is 1. The zero-order valence-electron chi connectivity index (χ0n) is 82.3. The summed E-state index contributed by atoms with van der Waals surface area (Å²) in [7, 11) is -23.7. The first kappa shape index (κ1) is 112. The SMILES string of the molecule is C=C[C@@H]1C[C@@]1(C(=O)NS(=O)(=O)c1cccc(-c2ccccc2)c1)C(C)C.C=C[C@@H]1C[C@@]1(C(=O)NS(=O)(=O)c1ccccc1Oc1ccccc1)C(C)C.C=C[C@@H]1C[C@]1(C)C(=O)NS(=O)(=O)c1ccc(C#N)cc1.C=C[C@@H]1C[C@]1(C)C(=O)NS(=O)(=O)c1ccc(OCc2ccccc2)cc1.C=C[C@@H]1C[C@]1(C)C(=O)NS(=O)(=O)c1cccc(C(C)=O)c1.C=C[C@@H]1C[C@]1(C)C(=O)NS(=O)(=O)c1cccc(OCc2ccccc2)c1. The van der Waals surface area contributed by atoms with Crippen molar-refractivity contribution in [2.75, 3.05) is 0 Å². The van der Waals surface area contributed by atoms with Crippen LogP contribution in [-0.2, 0) is 102 Å². The number of benzene rings is 10. The quantitative estimate of drug-likeness (QED) is 0.0157. The van der Waals surface area contributed by atoms with Crippen LogP contribution in [-0.4, -0.2) is 91.7 Å². The fourth-order valence-corrected chi connectivity index (χ4v) is 23.4. The van der Waals surface area contributed by atoms with Crippen molar-refractivity contribution in [1.82, 2.24) is 28.3 Å². The summed E-state index contributed by atoms with van der Waals surface area (Å²) in [4.78, 5) is 85.4. The van der Waals surface area contributed by atoms with E-state index >= 15 is 0 Å². The monoisotopic (exact) mass is 2090 g/mol. The van der Waals surface area contributed by atoms with Crippen molar-refractivity contribution in [1.29, 1.82) is 5.26 Å². The molecule has 0 bridgehead atoms. The minimum absolute atomic E-state index is 0.00347. The van der Waals surface area contributed by atoms with Gasteiger partial charge in [-0.15, -0.1) is 39.5 Å². The number of sulfonamides is 6. The number of Topliss-reactive ketones (excluding diaryl/α,β-unsaturated/α-hetero) is 1. The van der Waals surface area contributed by atoms with E-state index in [9.17, 15) is 84.1 Å². The highest BCUT2D eigenvalue weighted by molar-refractivity contribution is 7.91. The highest BCUT2D eigenvalue weighted by Crippen LogP contribution is 2.61. The number of allylic oxidation sites excluding steroid dienone is 6. The molecule has 0 aromatic heterocycles. The van der Waals surface area contributed by atoms with E-state index < -0.39 is 128 Å². The zero-order valence-corrected chi connectivity index (χ0v) is 87.2. The van der Waals surface area contributed by atoms with Gasteiger partial charge < -0.3 is 14.2 Å². The number of carbonyl (C=O) groups is 7. The fraction of sp³-hybridized carbons (Fsp3) is 0.279. The van der Waals surface area contributed by atoms with Gasteiger partial charge in [-0.1, -0.05) is 244 Å². The summed E-state index contributed by atoms with van der Waals surface area (Å²) in [5, 5.41) is 8.67. The first-order valence-electron chi connectivity index (χ1n) is 46.7. The number of carbonyl (C=O) groups excluding carboxylic acids is 7. The maximum absolute atomic E-state index is 12.9. The van der Waals surface area contributed by atoms with E-state index in [2.05, 4.69) is 67.8 Å². The molecule has 0 radical (unpaired) electrons. The van der Waals surface area contributed by atoms with Crippen molar-refractivity contribution in [2.24, 2.45) is 79.8 Å². The lowest BCUT2D eigenvalue weighted by Gasteiger charge is -2.21. The summed E-state index contributed by atoms with van der Waals surface area (Å²) in [6.45, 7) is 38.7. The number of hydrogen-bond acceptors (Lipinski definition) is 23. The maximum atomic E-state index is 12.9. The second-order valence-corrected chi connectivity index (χ2v) is 48.0. The Balaban J connectivity index is 0.000000167. The molecule has 16 rings (SSSR count). The van der Waals surface area contributed by atoms with Gasteiger partial charge in [-0.2, -0.15) is 5.26 Å². The minimum Gasteiger partial charge on any atom is -0.489 e. The second kappa shape index (κ2) is 46.0. The van der Waals surface area contributed by atoms with E-state index in [-0.39, 0.29) is 93.8 Å². The molecule has 6 saturated carbocycles. The van der Waals surface area contributed by atoms with Gasteiger partial charge in [-0.05, 0) is 224 Å². The molecule has 6 fully saturated rings. The van der Waals surface area contributed by atoms with Crippen molar-refractivity contribution >= 4 is 101 Å². The molecule has 766 valence electrons. The third kappa shape index (κ3) is 26.9. The van der Waals surface area contributed by atoms with E-state index in [4.69, 9.17) is 19.5 Å². The first-order chi connectivity index (χ1) is 68.8. The zero-order chi connectivity index (χ0) is 107. The summed E-state index contributed by atoms with van der Waals surface area (Å²) in [6.07, 6.45) is 13.8. The Morgan fingerprint density at radius 1 is 0.336 bits per heavy atom. The average Bonchev–Trinajstić information content (AvgIpc) is 1.55. The number of nitrogens with zero attached hydrogens (tertiary/aromatic N) is 1. The average molecular weight is 2100 g/mol. The predicted molar refractivity (Wildman–Crippen MR) is 556 cm³/mol. The third-order valence-corrected chi connectivity index (χ3v) is 35.4. The normalized spacial score (nSPS) is 22.5. The van der Waals surface area contributed by atoms with E-state index in [1.807, 2.05) is 137 Å². The summed E-state index contributed by atoms with van der Waals surface area (Å²) >= 11 is 0. The Morgan fingerprint density at radius 3 is 1.03 bits per heavy atom. The number of nitrogens with one attached hydrogen (secondary N) is 6. The summed E-state index contributed by atoms with van der Waals surface area (Å²) in [6, 6.07) is 75.6. The molecule has 0 heterocycles. The van der Waals surface area contributed by atoms with E-state index in [0.29, 0.717) is 74.6 Å². The van der Waals surface area contributed by atoms with E-state index in [1.165, 1.54) is 91.9 Å². The van der Waals surface area contributed by atoms with Crippen molar-refractivity contribution in [3.05, 3.63) is 365 Å². The van der Waals surface area contributed by atoms with Crippen LogP contribution in [0.1, 0.15) is 128 Å². The molecular weight excluding hydrogens is 1980 g/mol. The summed E-state index contributed by atoms with van der Waals surface area (Å²) in [5.74, 6) is -1.47. The van der Waals surface area contributed by atoms with Crippen molar-refractivity contribution < 1.29 is 98.3 Å². The van der Waals surface area contributed by atoms with Gasteiger partial charge in [0.05, 0.1) is 68.6 Å².